The number of hydrogen-bond acceptors (Lipinski definition) is 3. The molecule has 0 bridgehead atoms. The SMILES string of the molecule is COc1ccc(C(C)(NC2CCCCC2)C(N)=O)cc1. The molecule has 0 saturated heterocycles. The van der Waals surface area contributed by atoms with Crippen LogP contribution < -0.4 is 15.8 Å². The average Bonchev–Trinajstić information content (AvgIpc) is 2.48. The number of rotatable bonds is 5. The summed E-state index contributed by atoms with van der Waals surface area (Å²) in [6.45, 7) is 1.87. The third-order valence-electron chi connectivity index (χ3n) is 4.26. The molecule has 1 fully saturated rings. The molecule has 20 heavy (non-hydrogen) atoms. The van der Waals surface area contributed by atoms with Crippen molar-refractivity contribution >= 4 is 5.91 Å². The molecule has 1 aromatic carbocycles. The van der Waals surface area contributed by atoms with Gasteiger partial charge in [0.15, 0.2) is 0 Å². The molecule has 1 unspecified atom stereocenters. The van der Waals surface area contributed by atoms with Crippen LogP contribution in [0.5, 0.6) is 5.75 Å². The van der Waals surface area contributed by atoms with Gasteiger partial charge >= 0.3 is 0 Å². The van der Waals surface area contributed by atoms with Crippen LogP contribution in [-0.4, -0.2) is 19.1 Å². The van der Waals surface area contributed by atoms with Crippen molar-refractivity contribution in [1.29, 1.82) is 0 Å². The van der Waals surface area contributed by atoms with Crippen molar-refractivity contribution in [2.24, 2.45) is 5.73 Å². The number of hydrogen-bond donors (Lipinski definition) is 2. The minimum absolute atomic E-state index is 0.340. The van der Waals surface area contributed by atoms with Crippen LogP contribution in [-0.2, 0) is 10.3 Å². The van der Waals surface area contributed by atoms with Crippen LogP contribution in [0, 0.1) is 0 Å². The monoisotopic (exact) mass is 276 g/mol. The van der Waals surface area contributed by atoms with Gasteiger partial charge in [0.25, 0.3) is 0 Å². The lowest BCUT2D eigenvalue weighted by Gasteiger charge is -2.34. The number of carbonyl (C=O) groups is 1. The molecule has 0 heterocycles. The second-order valence-corrected chi connectivity index (χ2v) is 5.70. The maximum atomic E-state index is 12.0. The van der Waals surface area contributed by atoms with Crippen LogP contribution in [0.1, 0.15) is 44.6 Å². The van der Waals surface area contributed by atoms with Crippen LogP contribution in [0.15, 0.2) is 24.3 Å². The van der Waals surface area contributed by atoms with Crippen LogP contribution in [0.25, 0.3) is 0 Å². The highest BCUT2D eigenvalue weighted by atomic mass is 16.5. The van der Waals surface area contributed by atoms with Gasteiger partial charge in [0.05, 0.1) is 7.11 Å². The first-order valence-electron chi connectivity index (χ1n) is 7.28. The van der Waals surface area contributed by atoms with Crippen molar-refractivity contribution in [3.63, 3.8) is 0 Å². The first-order valence-corrected chi connectivity index (χ1v) is 7.28. The minimum Gasteiger partial charge on any atom is -0.497 e. The zero-order valence-electron chi connectivity index (χ0n) is 12.3. The van der Waals surface area contributed by atoms with Crippen molar-refractivity contribution in [2.75, 3.05) is 7.11 Å². The zero-order valence-corrected chi connectivity index (χ0v) is 12.3. The molecule has 0 radical (unpaired) electrons. The van der Waals surface area contributed by atoms with E-state index in [0.29, 0.717) is 6.04 Å². The average molecular weight is 276 g/mol. The number of carbonyl (C=O) groups excluding carboxylic acids is 1. The number of amides is 1. The Morgan fingerprint density at radius 3 is 2.35 bits per heavy atom. The van der Waals surface area contributed by atoms with Crippen molar-refractivity contribution in [1.82, 2.24) is 5.32 Å². The maximum absolute atomic E-state index is 12.0. The Labute approximate surface area is 120 Å². The molecule has 1 aliphatic carbocycles. The maximum Gasteiger partial charge on any atom is 0.242 e. The first-order chi connectivity index (χ1) is 9.56. The summed E-state index contributed by atoms with van der Waals surface area (Å²) in [5, 5.41) is 3.47. The van der Waals surface area contributed by atoms with E-state index in [2.05, 4.69) is 5.32 Å². The normalized spacial score (nSPS) is 19.3. The molecule has 0 spiro atoms. The van der Waals surface area contributed by atoms with E-state index >= 15 is 0 Å². The quantitative estimate of drug-likeness (QED) is 0.867. The number of primary amides is 1. The molecular weight excluding hydrogens is 252 g/mol. The van der Waals surface area contributed by atoms with E-state index in [-0.39, 0.29) is 5.91 Å². The van der Waals surface area contributed by atoms with Gasteiger partial charge in [-0.25, -0.2) is 0 Å². The van der Waals surface area contributed by atoms with Crippen molar-refractivity contribution in [2.45, 2.75) is 50.6 Å². The molecule has 4 nitrogen and oxygen atoms in total. The Balaban J connectivity index is 2.20. The molecule has 1 saturated carbocycles. The Morgan fingerprint density at radius 1 is 1.25 bits per heavy atom. The Hall–Kier alpha value is -1.55. The van der Waals surface area contributed by atoms with Crippen LogP contribution in [0.4, 0.5) is 0 Å². The van der Waals surface area contributed by atoms with Crippen LogP contribution in [0.2, 0.25) is 0 Å². The van der Waals surface area contributed by atoms with Gasteiger partial charge in [-0.2, -0.15) is 0 Å². The molecule has 2 rings (SSSR count). The fraction of sp³-hybridized carbons (Fsp3) is 0.562. The molecular formula is C16H24N2O2. The Kier molecular flexibility index (Phi) is 4.65. The summed E-state index contributed by atoms with van der Waals surface area (Å²) in [7, 11) is 1.63. The highest BCUT2D eigenvalue weighted by molar-refractivity contribution is 5.85. The van der Waals surface area contributed by atoms with Gasteiger partial charge in [-0.15, -0.1) is 0 Å². The van der Waals surface area contributed by atoms with E-state index in [0.717, 1.165) is 24.2 Å². The standard InChI is InChI=1S/C16H24N2O2/c1-16(15(17)19,18-13-6-4-3-5-7-13)12-8-10-14(20-2)11-9-12/h8-11,13,18H,3-7H2,1-2H3,(H2,17,19). The molecule has 1 amide bonds. The van der Waals surface area contributed by atoms with E-state index in [1.807, 2.05) is 31.2 Å². The van der Waals surface area contributed by atoms with Gasteiger partial charge in [0, 0.05) is 6.04 Å². The summed E-state index contributed by atoms with van der Waals surface area (Å²) in [5.74, 6) is 0.437. The summed E-state index contributed by atoms with van der Waals surface area (Å²) in [5.41, 5.74) is 5.72. The summed E-state index contributed by atoms with van der Waals surface area (Å²) < 4.78 is 5.16. The molecule has 110 valence electrons. The molecule has 4 heteroatoms. The van der Waals surface area contributed by atoms with Gasteiger partial charge in [0.1, 0.15) is 11.3 Å². The second-order valence-electron chi connectivity index (χ2n) is 5.70. The predicted molar refractivity (Wildman–Crippen MR) is 79.5 cm³/mol. The molecule has 0 aliphatic heterocycles. The summed E-state index contributed by atoms with van der Waals surface area (Å²) >= 11 is 0. The van der Waals surface area contributed by atoms with E-state index < -0.39 is 5.54 Å². The topological polar surface area (TPSA) is 64.3 Å². The molecule has 1 aromatic rings. The fourth-order valence-corrected chi connectivity index (χ4v) is 2.88. The van der Waals surface area contributed by atoms with Crippen molar-refractivity contribution < 1.29 is 9.53 Å². The summed E-state index contributed by atoms with van der Waals surface area (Å²) in [6.07, 6.45) is 5.94. The fourth-order valence-electron chi connectivity index (χ4n) is 2.88. The van der Waals surface area contributed by atoms with Gasteiger partial charge < -0.3 is 10.5 Å². The third kappa shape index (κ3) is 3.12. The number of methoxy groups -OCH3 is 1. The number of nitrogens with one attached hydrogen (secondary N) is 1. The highest BCUT2D eigenvalue weighted by Crippen LogP contribution is 2.27. The summed E-state index contributed by atoms with van der Waals surface area (Å²) in [4.78, 5) is 12.0. The number of ether oxygens (including phenoxy) is 1. The second kappa shape index (κ2) is 6.27. The lowest BCUT2D eigenvalue weighted by molar-refractivity contribution is -0.124. The smallest absolute Gasteiger partial charge is 0.242 e. The van der Waals surface area contributed by atoms with E-state index in [9.17, 15) is 4.79 Å². The molecule has 1 aliphatic rings. The van der Waals surface area contributed by atoms with Crippen LogP contribution in [0.3, 0.4) is 0 Å². The summed E-state index contributed by atoms with van der Waals surface area (Å²) in [6, 6.07) is 7.89. The van der Waals surface area contributed by atoms with Gasteiger partial charge in [-0.1, -0.05) is 31.4 Å². The van der Waals surface area contributed by atoms with Crippen molar-refractivity contribution in [3.05, 3.63) is 29.8 Å². The predicted octanol–water partition coefficient (Wildman–Crippen LogP) is 2.32. The largest absolute Gasteiger partial charge is 0.497 e. The molecule has 1 atom stereocenters. The lowest BCUT2D eigenvalue weighted by Crippen LogP contribution is -2.54. The number of benzene rings is 1. The molecule has 3 N–H and O–H groups in total. The highest BCUT2D eigenvalue weighted by Gasteiger charge is 2.35. The van der Waals surface area contributed by atoms with Crippen molar-refractivity contribution in [3.8, 4) is 5.75 Å². The van der Waals surface area contributed by atoms with E-state index in [1.54, 1.807) is 7.11 Å². The van der Waals surface area contributed by atoms with E-state index in [1.165, 1.54) is 19.3 Å². The Bertz CT molecular complexity index is 452. The van der Waals surface area contributed by atoms with E-state index in [4.69, 9.17) is 10.5 Å². The van der Waals surface area contributed by atoms with Crippen LogP contribution >= 0.6 is 0 Å². The van der Waals surface area contributed by atoms with Gasteiger partial charge in [-0.05, 0) is 37.5 Å². The minimum atomic E-state index is -0.825. The lowest BCUT2D eigenvalue weighted by atomic mass is 9.87. The number of nitrogens with two attached hydrogens (primary N) is 1. The first kappa shape index (κ1) is 14.9. The third-order valence-corrected chi connectivity index (χ3v) is 4.26. The van der Waals surface area contributed by atoms with Gasteiger partial charge in [-0.3, -0.25) is 10.1 Å². The zero-order chi connectivity index (χ0) is 14.6. The molecule has 0 aromatic heterocycles. The Morgan fingerprint density at radius 2 is 1.85 bits per heavy atom. The van der Waals surface area contributed by atoms with Gasteiger partial charge in [0.2, 0.25) is 5.91 Å².